The van der Waals surface area contributed by atoms with Crippen molar-refractivity contribution in [2.24, 2.45) is 0 Å². The second kappa shape index (κ2) is 15.0. The lowest BCUT2D eigenvalue weighted by Crippen LogP contribution is -2.54. The maximum absolute atomic E-state index is 14.5. The molecule has 1 aliphatic carbocycles. The van der Waals surface area contributed by atoms with Gasteiger partial charge in [0.15, 0.2) is 0 Å². The number of carbonyl (C=O) groups is 2. The number of anilines is 1. The third-order valence-electron chi connectivity index (χ3n) is 8.00. The van der Waals surface area contributed by atoms with Crippen molar-refractivity contribution < 1.29 is 18.0 Å². The van der Waals surface area contributed by atoms with Crippen LogP contribution in [0.25, 0.3) is 0 Å². The average Bonchev–Trinajstić information content (AvgIpc) is 3.56. The largest absolute Gasteiger partial charge is 0.352 e. The van der Waals surface area contributed by atoms with E-state index in [0.29, 0.717) is 15.6 Å². The van der Waals surface area contributed by atoms with E-state index in [-0.39, 0.29) is 35.5 Å². The Morgan fingerprint density at radius 2 is 1.40 bits per heavy atom. The molecule has 1 atom stereocenters. The highest BCUT2D eigenvalue weighted by Crippen LogP contribution is 2.27. The van der Waals surface area contributed by atoms with E-state index in [0.717, 1.165) is 35.6 Å². The second-order valence-electron chi connectivity index (χ2n) is 11.1. The predicted octanol–water partition coefficient (Wildman–Crippen LogP) is 6.89. The molecule has 1 N–H and O–H groups in total. The summed E-state index contributed by atoms with van der Waals surface area (Å²) in [7, 11) is -4.18. The number of nitrogens with one attached hydrogen (secondary N) is 1. The molecule has 5 rings (SSSR count). The van der Waals surface area contributed by atoms with Crippen LogP contribution in [0.5, 0.6) is 0 Å². The molecule has 7 nitrogen and oxygen atoms in total. The molecule has 4 aromatic rings. The third-order valence-corrected chi connectivity index (χ3v) is 10.4. The molecule has 0 aliphatic heterocycles. The van der Waals surface area contributed by atoms with Crippen LogP contribution < -0.4 is 9.62 Å². The fraction of sp³-hybridized carbons (Fsp3) is 0.257. The van der Waals surface area contributed by atoms with E-state index in [9.17, 15) is 18.0 Å². The minimum atomic E-state index is -4.18. The topological polar surface area (TPSA) is 86.8 Å². The van der Waals surface area contributed by atoms with Crippen molar-refractivity contribution in [3.63, 3.8) is 0 Å². The fourth-order valence-corrected chi connectivity index (χ4v) is 7.34. The van der Waals surface area contributed by atoms with E-state index in [2.05, 4.69) is 5.32 Å². The Kier molecular flexibility index (Phi) is 10.8. The van der Waals surface area contributed by atoms with Crippen molar-refractivity contribution in [1.82, 2.24) is 10.2 Å². The van der Waals surface area contributed by atoms with E-state index in [1.807, 2.05) is 36.4 Å². The Bertz CT molecular complexity index is 1700. The van der Waals surface area contributed by atoms with Crippen LogP contribution in [0.2, 0.25) is 10.0 Å². The SMILES string of the molecule is O=C(NC1CCCC1)[C@H](Cc1ccccc1)N(Cc1ccccc1Cl)C(=O)CN(c1ccc(Cl)cc1)S(=O)(=O)c1ccccc1. The number of carbonyl (C=O) groups excluding carboxylic acids is 2. The van der Waals surface area contributed by atoms with Crippen molar-refractivity contribution in [1.29, 1.82) is 0 Å². The first-order chi connectivity index (χ1) is 21.7. The fourth-order valence-electron chi connectivity index (χ4n) is 5.59. The third kappa shape index (κ3) is 8.25. The number of nitrogens with zero attached hydrogens (tertiary/aromatic N) is 2. The smallest absolute Gasteiger partial charge is 0.264 e. The summed E-state index contributed by atoms with van der Waals surface area (Å²) in [6.07, 6.45) is 4.06. The summed E-state index contributed by atoms with van der Waals surface area (Å²) in [5, 5.41) is 4.04. The molecule has 10 heteroatoms. The highest BCUT2D eigenvalue weighted by atomic mass is 35.5. The van der Waals surface area contributed by atoms with Gasteiger partial charge >= 0.3 is 0 Å². The molecular formula is C35H35Cl2N3O4S. The summed E-state index contributed by atoms with van der Waals surface area (Å²) in [6, 6.07) is 29.9. The van der Waals surface area contributed by atoms with Crippen LogP contribution in [-0.4, -0.2) is 43.8 Å². The first-order valence-corrected chi connectivity index (χ1v) is 17.1. The molecule has 0 radical (unpaired) electrons. The van der Waals surface area contributed by atoms with Crippen LogP contribution in [0.4, 0.5) is 5.69 Å². The molecular weight excluding hydrogens is 629 g/mol. The lowest BCUT2D eigenvalue weighted by atomic mass is 10.0. The summed E-state index contributed by atoms with van der Waals surface area (Å²) in [5.74, 6) is -0.831. The van der Waals surface area contributed by atoms with Gasteiger partial charge in [-0.3, -0.25) is 13.9 Å². The number of sulfonamides is 1. The van der Waals surface area contributed by atoms with E-state index < -0.39 is 28.5 Å². The lowest BCUT2D eigenvalue weighted by molar-refractivity contribution is -0.140. The molecule has 1 saturated carbocycles. The van der Waals surface area contributed by atoms with Gasteiger partial charge in [-0.2, -0.15) is 0 Å². The first-order valence-electron chi connectivity index (χ1n) is 14.9. The monoisotopic (exact) mass is 663 g/mol. The van der Waals surface area contributed by atoms with Crippen LogP contribution in [0.3, 0.4) is 0 Å². The van der Waals surface area contributed by atoms with Gasteiger partial charge in [-0.05, 0) is 66.4 Å². The van der Waals surface area contributed by atoms with Crippen LogP contribution in [-0.2, 0) is 32.6 Å². The van der Waals surface area contributed by atoms with Crippen molar-refractivity contribution in [3.05, 3.63) is 130 Å². The van der Waals surface area contributed by atoms with Crippen LogP contribution >= 0.6 is 23.2 Å². The molecule has 234 valence electrons. The average molecular weight is 665 g/mol. The van der Waals surface area contributed by atoms with Gasteiger partial charge in [0.1, 0.15) is 12.6 Å². The molecule has 0 heterocycles. The first kappa shape index (κ1) is 32.5. The maximum Gasteiger partial charge on any atom is 0.264 e. The second-order valence-corrected chi connectivity index (χ2v) is 13.8. The highest BCUT2D eigenvalue weighted by molar-refractivity contribution is 7.92. The summed E-state index contributed by atoms with van der Waals surface area (Å²) >= 11 is 12.7. The van der Waals surface area contributed by atoms with Gasteiger partial charge in [-0.25, -0.2) is 8.42 Å². The van der Waals surface area contributed by atoms with Crippen molar-refractivity contribution in [3.8, 4) is 0 Å². The maximum atomic E-state index is 14.5. The van der Waals surface area contributed by atoms with Crippen LogP contribution in [0.1, 0.15) is 36.8 Å². The zero-order valence-electron chi connectivity index (χ0n) is 24.7. The van der Waals surface area contributed by atoms with Gasteiger partial charge in [0.25, 0.3) is 10.0 Å². The van der Waals surface area contributed by atoms with Gasteiger partial charge in [-0.15, -0.1) is 0 Å². The number of hydrogen-bond donors (Lipinski definition) is 1. The molecule has 45 heavy (non-hydrogen) atoms. The number of halogens is 2. The number of benzene rings is 4. The number of hydrogen-bond acceptors (Lipinski definition) is 4. The molecule has 4 aromatic carbocycles. The van der Waals surface area contributed by atoms with Crippen LogP contribution in [0, 0.1) is 0 Å². The number of rotatable bonds is 12. The summed E-state index contributed by atoms with van der Waals surface area (Å²) < 4.78 is 29.1. The Labute approximate surface area is 274 Å². The molecule has 0 saturated heterocycles. The summed E-state index contributed by atoms with van der Waals surface area (Å²) in [6.45, 7) is -0.542. The molecule has 0 unspecified atom stereocenters. The van der Waals surface area contributed by atoms with Gasteiger partial charge in [0.05, 0.1) is 10.6 Å². The van der Waals surface area contributed by atoms with Crippen molar-refractivity contribution in [2.45, 2.75) is 55.6 Å². The minimum absolute atomic E-state index is 0.00787. The molecule has 1 aliphatic rings. The predicted molar refractivity (Wildman–Crippen MR) is 179 cm³/mol. The number of amides is 2. The molecule has 2 amide bonds. The van der Waals surface area contributed by atoms with E-state index >= 15 is 0 Å². The Morgan fingerprint density at radius 3 is 2.04 bits per heavy atom. The standard InChI is InChI=1S/C35H35Cl2N3O4S/c36-28-19-21-30(22-20-28)40(45(43,44)31-16-5-2-6-17-31)25-34(41)39(24-27-13-7-10-18-32(27)37)33(23-26-11-3-1-4-12-26)35(42)38-29-14-8-9-15-29/h1-7,10-13,16-22,29,33H,8-9,14-15,23-25H2,(H,38,42)/t33-/m0/s1. The lowest BCUT2D eigenvalue weighted by Gasteiger charge is -2.34. The van der Waals surface area contributed by atoms with Crippen LogP contribution in [0.15, 0.2) is 114 Å². The summed E-state index contributed by atoms with van der Waals surface area (Å²) in [4.78, 5) is 30.1. The Hall–Kier alpha value is -3.85. The zero-order valence-corrected chi connectivity index (χ0v) is 27.0. The molecule has 0 spiro atoms. The molecule has 0 bridgehead atoms. The Morgan fingerprint density at radius 1 is 0.800 bits per heavy atom. The zero-order chi connectivity index (χ0) is 31.8. The van der Waals surface area contributed by atoms with Gasteiger partial charge in [-0.1, -0.05) is 103 Å². The van der Waals surface area contributed by atoms with Crippen molar-refractivity contribution >= 4 is 50.7 Å². The quantitative estimate of drug-likeness (QED) is 0.179. The van der Waals surface area contributed by atoms with Gasteiger partial charge < -0.3 is 10.2 Å². The molecule has 0 aromatic heterocycles. The van der Waals surface area contributed by atoms with Gasteiger partial charge in [0, 0.05) is 29.1 Å². The van der Waals surface area contributed by atoms with E-state index in [1.165, 1.54) is 17.0 Å². The van der Waals surface area contributed by atoms with E-state index in [1.54, 1.807) is 60.7 Å². The van der Waals surface area contributed by atoms with Gasteiger partial charge in [0.2, 0.25) is 11.8 Å². The molecule has 1 fully saturated rings. The highest BCUT2D eigenvalue weighted by Gasteiger charge is 2.35. The van der Waals surface area contributed by atoms with Crippen molar-refractivity contribution in [2.75, 3.05) is 10.8 Å². The summed E-state index contributed by atoms with van der Waals surface area (Å²) in [5.41, 5.74) is 1.78. The van der Waals surface area contributed by atoms with E-state index in [4.69, 9.17) is 23.2 Å². The Balaban J connectivity index is 1.56. The minimum Gasteiger partial charge on any atom is -0.352 e. The normalized spacial score (nSPS) is 14.1.